The molecule has 220 valence electrons. The van der Waals surface area contributed by atoms with Crippen LogP contribution in [0.5, 0.6) is 0 Å². The zero-order chi connectivity index (χ0) is 30.5. The van der Waals surface area contributed by atoms with E-state index < -0.39 is 0 Å². The van der Waals surface area contributed by atoms with Gasteiger partial charge in [0.05, 0.1) is 17.2 Å². The third kappa shape index (κ3) is 4.41. The molecule has 0 saturated heterocycles. The van der Waals surface area contributed by atoms with Crippen LogP contribution >= 0.6 is 0 Å². The summed E-state index contributed by atoms with van der Waals surface area (Å²) in [5, 5.41) is 5.09. The Morgan fingerprint density at radius 1 is 0.587 bits per heavy atom. The molecule has 0 saturated carbocycles. The van der Waals surface area contributed by atoms with E-state index in [1.807, 2.05) is 0 Å². The fraction of sp³-hybridized carbons (Fsp3) is 0.0909. The Bertz CT molecular complexity index is 2310. The topological polar surface area (TPSA) is 8.17 Å². The Morgan fingerprint density at radius 3 is 2.22 bits per heavy atom. The molecule has 2 nitrogen and oxygen atoms in total. The largest absolute Gasteiger partial charge is 0.333 e. The van der Waals surface area contributed by atoms with Crippen LogP contribution in [0.4, 0.5) is 11.4 Å². The summed E-state index contributed by atoms with van der Waals surface area (Å²) in [6, 6.07) is 40.5. The summed E-state index contributed by atoms with van der Waals surface area (Å²) >= 11 is 0. The Hall–Kier alpha value is -5.60. The van der Waals surface area contributed by atoms with Gasteiger partial charge in [-0.05, 0) is 59.2 Å². The van der Waals surface area contributed by atoms with E-state index in [4.69, 9.17) is 0 Å². The van der Waals surface area contributed by atoms with Gasteiger partial charge in [-0.3, -0.25) is 0 Å². The van der Waals surface area contributed by atoms with Crippen LogP contribution in [-0.2, 0) is 0 Å². The molecule has 0 N–H and O–H groups in total. The van der Waals surface area contributed by atoms with E-state index in [0.717, 1.165) is 12.1 Å². The minimum absolute atomic E-state index is 0.276. The maximum Gasteiger partial charge on any atom is 0.0560 e. The zero-order valence-electron chi connectivity index (χ0n) is 25.6. The maximum absolute atomic E-state index is 2.55. The van der Waals surface area contributed by atoms with Gasteiger partial charge in [0.15, 0.2) is 0 Å². The molecule has 1 heterocycles. The molecule has 3 aliphatic rings. The second-order valence-electron chi connectivity index (χ2n) is 12.5. The third-order valence-corrected chi connectivity index (χ3v) is 9.78. The van der Waals surface area contributed by atoms with E-state index in [1.54, 1.807) is 0 Å². The van der Waals surface area contributed by atoms with Gasteiger partial charge in [0.2, 0.25) is 0 Å². The molecule has 3 aliphatic carbocycles. The monoisotopic (exact) mass is 590 g/mol. The lowest BCUT2D eigenvalue weighted by atomic mass is 9.84. The van der Waals surface area contributed by atoms with Crippen LogP contribution < -0.4 is 4.90 Å². The van der Waals surface area contributed by atoms with Gasteiger partial charge in [-0.25, -0.2) is 0 Å². The molecule has 6 aromatic rings. The number of rotatable bonds is 5. The van der Waals surface area contributed by atoms with Crippen molar-refractivity contribution < 1.29 is 0 Å². The maximum atomic E-state index is 2.55. The molecule has 46 heavy (non-hydrogen) atoms. The molecule has 0 aliphatic heterocycles. The van der Waals surface area contributed by atoms with Crippen LogP contribution in [0.2, 0.25) is 0 Å². The van der Waals surface area contributed by atoms with E-state index in [1.165, 1.54) is 55.1 Å². The quantitative estimate of drug-likeness (QED) is 0.194. The molecule has 9 rings (SSSR count). The molecular formula is C44H34N2. The SMILES string of the molecule is C1=CCC(n2c3ccccc3c3ccc(-c4c(N(C5=CC6C=CC=CC6C=C5)c5ccccc5)ccc5ccccc45)cc32)C=C1. The van der Waals surface area contributed by atoms with Gasteiger partial charge >= 0.3 is 0 Å². The summed E-state index contributed by atoms with van der Waals surface area (Å²) < 4.78 is 2.55. The summed E-state index contributed by atoms with van der Waals surface area (Å²) in [6.07, 6.45) is 26.0. The van der Waals surface area contributed by atoms with Crippen molar-refractivity contribution >= 4 is 44.0 Å². The van der Waals surface area contributed by atoms with Crippen molar-refractivity contribution in [3.8, 4) is 11.1 Å². The fourth-order valence-electron chi connectivity index (χ4n) is 7.64. The molecule has 0 bridgehead atoms. The van der Waals surface area contributed by atoms with Gasteiger partial charge in [-0.2, -0.15) is 0 Å². The number of para-hydroxylation sites is 2. The zero-order valence-corrected chi connectivity index (χ0v) is 25.6. The first-order valence-corrected chi connectivity index (χ1v) is 16.3. The highest BCUT2D eigenvalue weighted by atomic mass is 15.1. The molecule has 2 heteroatoms. The van der Waals surface area contributed by atoms with Crippen molar-refractivity contribution in [2.75, 3.05) is 4.90 Å². The number of benzene rings is 5. The van der Waals surface area contributed by atoms with Crippen LogP contribution in [0.25, 0.3) is 43.7 Å². The highest BCUT2D eigenvalue weighted by molar-refractivity contribution is 6.11. The average molecular weight is 591 g/mol. The average Bonchev–Trinajstić information content (AvgIpc) is 3.46. The number of nitrogens with zero attached hydrogens (tertiary/aromatic N) is 2. The van der Waals surface area contributed by atoms with Gasteiger partial charge in [0, 0.05) is 45.1 Å². The highest BCUT2D eigenvalue weighted by Crippen LogP contribution is 2.45. The summed E-state index contributed by atoms with van der Waals surface area (Å²) in [4.78, 5) is 2.45. The van der Waals surface area contributed by atoms with Crippen LogP contribution in [0, 0.1) is 11.8 Å². The van der Waals surface area contributed by atoms with Gasteiger partial charge in [0.1, 0.15) is 0 Å². The second kappa shape index (κ2) is 11.1. The van der Waals surface area contributed by atoms with E-state index in [0.29, 0.717) is 11.8 Å². The number of fused-ring (bicyclic) bond motifs is 5. The first-order valence-electron chi connectivity index (χ1n) is 16.3. The van der Waals surface area contributed by atoms with Crippen molar-refractivity contribution in [2.24, 2.45) is 11.8 Å². The minimum Gasteiger partial charge on any atom is -0.333 e. The lowest BCUT2D eigenvalue weighted by molar-refractivity contribution is 0.648. The molecule has 3 atom stereocenters. The smallest absolute Gasteiger partial charge is 0.0560 e. The van der Waals surface area contributed by atoms with Crippen molar-refractivity contribution in [3.05, 3.63) is 182 Å². The number of hydrogen-bond donors (Lipinski definition) is 0. The van der Waals surface area contributed by atoms with E-state index in [-0.39, 0.29) is 6.04 Å². The van der Waals surface area contributed by atoms with E-state index in [9.17, 15) is 0 Å². The standard InChI is InChI=1S/C44H34N2/c1-3-16-35(17-4-1)45(37-26-23-31-13-7-8-15-33(31)29-37)42-28-25-32-14-9-10-20-38(32)44(42)34-24-27-40-39-21-11-12-22-41(39)46(43(40)30-34)36-18-5-2-6-19-36/h1-18,20-31,33,36H,19H2. The van der Waals surface area contributed by atoms with E-state index >= 15 is 0 Å². The number of aromatic nitrogens is 1. The van der Waals surface area contributed by atoms with Crippen molar-refractivity contribution in [1.82, 2.24) is 4.57 Å². The first kappa shape index (κ1) is 26.8. The van der Waals surface area contributed by atoms with Gasteiger partial charge < -0.3 is 9.47 Å². The third-order valence-electron chi connectivity index (χ3n) is 9.78. The Balaban J connectivity index is 1.31. The highest BCUT2D eigenvalue weighted by Gasteiger charge is 2.26. The molecule has 0 amide bonds. The van der Waals surface area contributed by atoms with Crippen LogP contribution in [0.3, 0.4) is 0 Å². The molecule has 3 unspecified atom stereocenters. The van der Waals surface area contributed by atoms with Crippen molar-refractivity contribution in [3.63, 3.8) is 0 Å². The van der Waals surface area contributed by atoms with Gasteiger partial charge in [-0.1, -0.05) is 140 Å². The summed E-state index contributed by atoms with van der Waals surface area (Å²) in [6.45, 7) is 0. The minimum atomic E-state index is 0.276. The van der Waals surface area contributed by atoms with Crippen LogP contribution in [0.15, 0.2) is 182 Å². The second-order valence-corrected chi connectivity index (χ2v) is 12.5. The Labute approximate surface area is 269 Å². The first-order chi connectivity index (χ1) is 22.8. The van der Waals surface area contributed by atoms with Gasteiger partial charge in [-0.15, -0.1) is 0 Å². The Morgan fingerprint density at radius 2 is 1.35 bits per heavy atom. The normalized spacial score (nSPS) is 20.0. The summed E-state index contributed by atoms with van der Waals surface area (Å²) in [7, 11) is 0. The number of allylic oxidation sites excluding steroid dienone is 11. The van der Waals surface area contributed by atoms with Crippen molar-refractivity contribution in [2.45, 2.75) is 12.5 Å². The molecule has 0 radical (unpaired) electrons. The molecule has 0 fully saturated rings. The molecule has 0 spiro atoms. The summed E-state index contributed by atoms with van der Waals surface area (Å²) in [5.74, 6) is 0.736. The lowest BCUT2D eigenvalue weighted by Gasteiger charge is -2.33. The lowest BCUT2D eigenvalue weighted by Crippen LogP contribution is -2.21. The van der Waals surface area contributed by atoms with E-state index in [2.05, 4.69) is 185 Å². The number of anilines is 2. The summed E-state index contributed by atoms with van der Waals surface area (Å²) in [5.41, 5.74) is 8.54. The van der Waals surface area contributed by atoms with Crippen molar-refractivity contribution in [1.29, 1.82) is 0 Å². The molecule has 1 aromatic heterocycles. The molecule has 5 aromatic carbocycles. The fourth-order valence-corrected chi connectivity index (χ4v) is 7.64. The predicted molar refractivity (Wildman–Crippen MR) is 195 cm³/mol. The van der Waals surface area contributed by atoms with Crippen LogP contribution in [-0.4, -0.2) is 4.57 Å². The Kier molecular flexibility index (Phi) is 6.45. The van der Waals surface area contributed by atoms with Gasteiger partial charge in [0.25, 0.3) is 0 Å². The number of hydrogen-bond acceptors (Lipinski definition) is 1. The predicted octanol–water partition coefficient (Wildman–Crippen LogP) is 11.6. The van der Waals surface area contributed by atoms with Crippen LogP contribution in [0.1, 0.15) is 12.5 Å². The molecular weight excluding hydrogens is 556 g/mol.